The summed E-state index contributed by atoms with van der Waals surface area (Å²) in [5, 5.41) is 3.14. The third kappa shape index (κ3) is 3.32. The van der Waals surface area contributed by atoms with Crippen molar-refractivity contribution in [2.75, 3.05) is 4.72 Å². The van der Waals surface area contributed by atoms with Crippen LogP contribution in [0.4, 0.5) is 18.9 Å². The van der Waals surface area contributed by atoms with Crippen molar-refractivity contribution in [1.29, 1.82) is 0 Å². The lowest BCUT2D eigenvalue weighted by molar-refractivity contribution is -0.137. The predicted octanol–water partition coefficient (Wildman–Crippen LogP) is 3.90. The van der Waals surface area contributed by atoms with Crippen LogP contribution in [0.2, 0.25) is 0 Å². The molecule has 106 valence electrons. The number of hydrogen-bond acceptors (Lipinski definition) is 5. The minimum Gasteiger partial charge on any atom is -0.361 e. The third-order valence-corrected chi connectivity index (χ3v) is 3.19. The lowest BCUT2D eigenvalue weighted by Crippen LogP contribution is -2.04. The zero-order valence-corrected chi connectivity index (χ0v) is 11.0. The maximum Gasteiger partial charge on any atom is 0.416 e. The van der Waals surface area contributed by atoms with Crippen LogP contribution in [0.1, 0.15) is 21.7 Å². The number of halogens is 3. The monoisotopic (exact) mass is 302 g/mol. The van der Waals surface area contributed by atoms with Crippen molar-refractivity contribution >= 4 is 22.8 Å². The number of aryl methyl sites for hydroxylation is 1. The fraction of sp³-hybridized carbons (Fsp3) is 0.167. The average molecular weight is 302 g/mol. The van der Waals surface area contributed by atoms with Gasteiger partial charge in [-0.15, -0.1) is 0 Å². The van der Waals surface area contributed by atoms with Crippen molar-refractivity contribution < 1.29 is 22.5 Å². The number of carbonyl (C=O) groups excluding carboxylic acids is 1. The zero-order valence-electron chi connectivity index (χ0n) is 10.2. The molecule has 0 bridgehead atoms. The molecule has 4 nitrogen and oxygen atoms in total. The first-order chi connectivity index (χ1) is 9.38. The van der Waals surface area contributed by atoms with Gasteiger partial charge in [0.1, 0.15) is 5.76 Å². The summed E-state index contributed by atoms with van der Waals surface area (Å²) in [4.78, 5) is 11.7. The molecule has 1 N–H and O–H groups in total. The van der Waals surface area contributed by atoms with Gasteiger partial charge in [-0.2, -0.15) is 13.2 Å². The van der Waals surface area contributed by atoms with E-state index in [1.165, 1.54) is 18.3 Å². The van der Waals surface area contributed by atoms with Gasteiger partial charge < -0.3 is 9.25 Å². The molecular formula is C12H9F3N2O2S. The number of hydrogen-bond donors (Lipinski definition) is 1. The summed E-state index contributed by atoms with van der Waals surface area (Å²) in [5.74, 6) is 0.386. The molecule has 1 aromatic carbocycles. The van der Waals surface area contributed by atoms with Crippen molar-refractivity contribution in [1.82, 2.24) is 5.16 Å². The molecule has 1 heterocycles. The molecular weight excluding hydrogens is 293 g/mol. The summed E-state index contributed by atoms with van der Waals surface area (Å²) in [6.07, 6.45) is -3.08. The minimum atomic E-state index is -4.37. The lowest BCUT2D eigenvalue weighted by Gasteiger charge is -2.08. The van der Waals surface area contributed by atoms with Gasteiger partial charge in [0, 0.05) is 17.6 Å². The van der Waals surface area contributed by atoms with Gasteiger partial charge in [0.15, 0.2) is 0 Å². The van der Waals surface area contributed by atoms with Crippen LogP contribution in [0.25, 0.3) is 0 Å². The second-order valence-electron chi connectivity index (χ2n) is 3.86. The van der Waals surface area contributed by atoms with Gasteiger partial charge in [-0.1, -0.05) is 5.16 Å². The molecule has 8 heteroatoms. The highest BCUT2D eigenvalue weighted by Crippen LogP contribution is 2.30. The van der Waals surface area contributed by atoms with Gasteiger partial charge in [-0.25, -0.2) is 0 Å². The van der Waals surface area contributed by atoms with E-state index in [1.54, 1.807) is 6.92 Å². The Balaban J connectivity index is 1.98. The SMILES string of the molecule is Cc1oncc1C(=O)SNc1ccc(C(F)(F)F)cc1. The van der Waals surface area contributed by atoms with Gasteiger partial charge in [0.25, 0.3) is 0 Å². The van der Waals surface area contributed by atoms with Gasteiger partial charge in [0.05, 0.1) is 17.3 Å². The molecule has 0 aliphatic heterocycles. The summed E-state index contributed by atoms with van der Waals surface area (Å²) >= 11 is 0.745. The maximum atomic E-state index is 12.4. The van der Waals surface area contributed by atoms with Crippen molar-refractivity contribution in [2.24, 2.45) is 0 Å². The van der Waals surface area contributed by atoms with Crippen LogP contribution in [0.5, 0.6) is 0 Å². The van der Waals surface area contributed by atoms with Crippen LogP contribution in [0.15, 0.2) is 35.0 Å². The van der Waals surface area contributed by atoms with Gasteiger partial charge in [0.2, 0.25) is 5.12 Å². The Bertz CT molecular complexity index is 608. The Morgan fingerprint density at radius 3 is 2.45 bits per heavy atom. The Labute approximate surface area is 116 Å². The molecule has 0 atom stereocenters. The Morgan fingerprint density at radius 2 is 1.95 bits per heavy atom. The topological polar surface area (TPSA) is 55.1 Å². The third-order valence-electron chi connectivity index (χ3n) is 2.44. The van der Waals surface area contributed by atoms with E-state index < -0.39 is 11.7 Å². The number of rotatable bonds is 3. The summed E-state index contributed by atoms with van der Waals surface area (Å²) in [5.41, 5.74) is -0.0332. The first-order valence-electron chi connectivity index (χ1n) is 5.43. The van der Waals surface area contributed by atoms with Crippen LogP contribution in [0.3, 0.4) is 0 Å². The van der Waals surface area contributed by atoms with Crippen molar-refractivity contribution in [3.05, 3.63) is 47.3 Å². The van der Waals surface area contributed by atoms with E-state index >= 15 is 0 Å². The summed E-state index contributed by atoms with van der Waals surface area (Å²) in [7, 11) is 0. The van der Waals surface area contributed by atoms with Crippen LogP contribution in [-0.4, -0.2) is 10.3 Å². The highest BCUT2D eigenvalue weighted by molar-refractivity contribution is 8.15. The van der Waals surface area contributed by atoms with E-state index in [-0.39, 0.29) is 5.12 Å². The minimum absolute atomic E-state index is 0.314. The van der Waals surface area contributed by atoms with Crippen molar-refractivity contribution in [3.63, 3.8) is 0 Å². The molecule has 0 aliphatic rings. The van der Waals surface area contributed by atoms with Gasteiger partial charge in [-0.3, -0.25) is 4.79 Å². The van der Waals surface area contributed by atoms with Crippen LogP contribution in [0, 0.1) is 6.92 Å². The molecule has 2 aromatic rings. The predicted molar refractivity (Wildman–Crippen MR) is 68.2 cm³/mol. The van der Waals surface area contributed by atoms with Crippen LogP contribution >= 0.6 is 11.9 Å². The first kappa shape index (κ1) is 14.4. The number of carbonyl (C=O) groups is 1. The zero-order chi connectivity index (χ0) is 14.8. The molecule has 2 rings (SSSR count). The number of anilines is 1. The first-order valence-corrected chi connectivity index (χ1v) is 6.25. The van der Waals surface area contributed by atoms with Gasteiger partial charge in [-0.05, 0) is 31.2 Å². The Hall–Kier alpha value is -1.96. The molecule has 0 aliphatic carbocycles. The van der Waals surface area contributed by atoms with E-state index in [0.29, 0.717) is 17.0 Å². The smallest absolute Gasteiger partial charge is 0.361 e. The summed E-state index contributed by atoms with van der Waals surface area (Å²) < 4.78 is 44.5. The normalized spacial score (nSPS) is 11.4. The number of alkyl halides is 3. The van der Waals surface area contributed by atoms with E-state index in [0.717, 1.165) is 24.1 Å². The quantitative estimate of drug-likeness (QED) is 0.871. The Morgan fingerprint density at radius 1 is 1.30 bits per heavy atom. The molecule has 0 saturated carbocycles. The lowest BCUT2D eigenvalue weighted by atomic mass is 10.2. The molecule has 0 amide bonds. The molecule has 0 spiro atoms. The second-order valence-corrected chi connectivity index (χ2v) is 4.64. The van der Waals surface area contributed by atoms with Crippen LogP contribution < -0.4 is 4.72 Å². The van der Waals surface area contributed by atoms with Crippen LogP contribution in [-0.2, 0) is 6.18 Å². The fourth-order valence-electron chi connectivity index (χ4n) is 1.38. The number of benzene rings is 1. The molecule has 20 heavy (non-hydrogen) atoms. The number of aromatic nitrogens is 1. The highest BCUT2D eigenvalue weighted by Gasteiger charge is 2.29. The highest BCUT2D eigenvalue weighted by atomic mass is 32.2. The molecule has 1 aromatic heterocycles. The number of nitrogens with zero attached hydrogens (tertiary/aromatic N) is 1. The standard InChI is InChI=1S/C12H9F3N2O2S/c1-7-10(6-16-19-7)11(18)20-17-9-4-2-8(3-5-9)12(13,14)15/h2-6,17H,1H3. The fourth-order valence-corrected chi connectivity index (χ4v) is 2.04. The molecule has 0 unspecified atom stereocenters. The van der Waals surface area contributed by atoms with Gasteiger partial charge >= 0.3 is 6.18 Å². The molecule has 0 saturated heterocycles. The van der Waals surface area contributed by atoms with E-state index in [9.17, 15) is 18.0 Å². The number of nitrogens with one attached hydrogen (secondary N) is 1. The second kappa shape index (κ2) is 5.58. The molecule has 0 fully saturated rings. The largest absolute Gasteiger partial charge is 0.416 e. The van der Waals surface area contributed by atoms with E-state index in [4.69, 9.17) is 4.52 Å². The summed E-state index contributed by atoms with van der Waals surface area (Å²) in [6, 6.07) is 4.39. The van der Waals surface area contributed by atoms with E-state index in [1.807, 2.05) is 0 Å². The van der Waals surface area contributed by atoms with E-state index in [2.05, 4.69) is 9.88 Å². The van der Waals surface area contributed by atoms with Crippen molar-refractivity contribution in [2.45, 2.75) is 13.1 Å². The Kier molecular flexibility index (Phi) is 4.03. The maximum absolute atomic E-state index is 12.4. The summed E-state index contributed by atoms with van der Waals surface area (Å²) in [6.45, 7) is 1.60. The molecule has 0 radical (unpaired) electrons. The van der Waals surface area contributed by atoms with Crippen molar-refractivity contribution in [3.8, 4) is 0 Å². The average Bonchev–Trinajstić information content (AvgIpc) is 2.82.